The molecule has 0 radical (unpaired) electrons. The Labute approximate surface area is 378 Å². The number of aryl methyl sites for hydroxylation is 1. The highest BCUT2D eigenvalue weighted by Crippen LogP contribution is 2.46. The quantitative estimate of drug-likeness (QED) is 0.128. The van der Waals surface area contributed by atoms with Gasteiger partial charge in [-0.2, -0.15) is 5.26 Å². The van der Waals surface area contributed by atoms with E-state index >= 15 is 0 Å². The molecule has 13 rings (SSSR count). The highest BCUT2D eigenvalue weighted by Gasteiger charge is 2.40. The summed E-state index contributed by atoms with van der Waals surface area (Å²) in [6.45, 7) is -0.0493. The minimum absolute atomic E-state index is 0.0493. The Morgan fingerprint density at radius 2 is 1.06 bits per heavy atom. The molecule has 2 aliphatic heterocycles. The molecule has 0 saturated carbocycles. The van der Waals surface area contributed by atoms with E-state index in [1.54, 1.807) is 0 Å². The fourth-order valence-corrected chi connectivity index (χ4v) is 11.2. The van der Waals surface area contributed by atoms with E-state index in [9.17, 15) is 5.26 Å². The predicted molar refractivity (Wildman–Crippen MR) is 267 cm³/mol. The third kappa shape index (κ3) is 6.11. The lowest BCUT2D eigenvalue weighted by atomic mass is 9.35. The molecule has 0 saturated heterocycles. The Balaban J connectivity index is 0.938. The largest absolute Gasteiger partial charge is 0.458 e. The number of hydrogen-bond acceptors (Lipinski definition) is 3. The van der Waals surface area contributed by atoms with E-state index < -0.39 is 0 Å². The SMILES string of the molecule is N#Cc1cc(-c2cc3c4c(c2)Oc2cc(CC5CCc6ccccc6-c6ccccc65)ccc2B4c2ccccc2O3)cc(-c2c3ccccc3c(-c3ccccc3)c3ccccc23)c1. The molecule has 0 aromatic heterocycles. The van der Waals surface area contributed by atoms with Crippen LogP contribution in [0.4, 0.5) is 0 Å². The number of benzene rings is 10. The summed E-state index contributed by atoms with van der Waals surface area (Å²) in [5.41, 5.74) is 17.0. The van der Waals surface area contributed by atoms with Crippen LogP contribution in [0.1, 0.15) is 34.6 Å². The van der Waals surface area contributed by atoms with Crippen LogP contribution in [-0.2, 0) is 12.8 Å². The van der Waals surface area contributed by atoms with Crippen molar-refractivity contribution in [1.29, 1.82) is 5.26 Å². The Morgan fingerprint density at radius 1 is 0.477 bits per heavy atom. The number of para-hydroxylation sites is 1. The van der Waals surface area contributed by atoms with Crippen molar-refractivity contribution in [3.63, 3.8) is 0 Å². The van der Waals surface area contributed by atoms with Gasteiger partial charge in [0.05, 0.1) is 11.6 Å². The lowest BCUT2D eigenvalue weighted by Gasteiger charge is -2.33. The molecular weight excluding hydrogens is 789 g/mol. The standard InChI is InChI=1S/C61H40BNO2/c63-37-39-31-43(34-45(32-39)60-51-22-10-8-20-49(51)59(41-15-2-1-3-16-41)50-21-9-11-23-52(50)60)44-35-57-61-58(36-44)65-56-33-38(26-29-54(56)62(61)53-24-12-13-25-55(53)64-57)30-42-28-27-40-14-4-5-17-46(40)48-19-7-6-18-47(42)48/h1-26,29,31-36,42H,27-28,30H2. The Bertz CT molecular complexity index is 3570. The summed E-state index contributed by atoms with van der Waals surface area (Å²) < 4.78 is 13.9. The molecule has 1 unspecified atom stereocenters. The summed E-state index contributed by atoms with van der Waals surface area (Å²) in [5.74, 6) is 3.66. The lowest BCUT2D eigenvalue weighted by Crippen LogP contribution is -2.57. The minimum atomic E-state index is -0.0493. The van der Waals surface area contributed by atoms with Gasteiger partial charge in [0.25, 0.3) is 6.71 Å². The normalized spacial score (nSPS) is 14.1. The zero-order valence-electron chi connectivity index (χ0n) is 35.6. The minimum Gasteiger partial charge on any atom is -0.458 e. The molecule has 0 spiro atoms. The van der Waals surface area contributed by atoms with Gasteiger partial charge in [-0.05, 0) is 161 Å². The number of hydrogen-bond donors (Lipinski definition) is 0. The van der Waals surface area contributed by atoms with Gasteiger partial charge >= 0.3 is 0 Å². The van der Waals surface area contributed by atoms with Crippen molar-refractivity contribution in [2.45, 2.75) is 25.2 Å². The fourth-order valence-electron chi connectivity index (χ4n) is 11.2. The molecule has 2 heterocycles. The summed E-state index contributed by atoms with van der Waals surface area (Å²) in [7, 11) is 0. The third-order valence-corrected chi connectivity index (χ3v) is 14.1. The van der Waals surface area contributed by atoms with Crippen molar-refractivity contribution in [2.24, 2.45) is 0 Å². The topological polar surface area (TPSA) is 42.2 Å². The Morgan fingerprint density at radius 3 is 1.82 bits per heavy atom. The van der Waals surface area contributed by atoms with Crippen molar-refractivity contribution in [3.05, 3.63) is 222 Å². The van der Waals surface area contributed by atoms with Crippen LogP contribution < -0.4 is 25.9 Å². The van der Waals surface area contributed by atoms with Crippen molar-refractivity contribution in [2.75, 3.05) is 0 Å². The first-order valence-corrected chi connectivity index (χ1v) is 22.6. The van der Waals surface area contributed by atoms with Gasteiger partial charge in [-0.3, -0.25) is 0 Å². The molecule has 0 bridgehead atoms. The van der Waals surface area contributed by atoms with Gasteiger partial charge < -0.3 is 9.47 Å². The number of nitrogens with zero attached hydrogens (tertiary/aromatic N) is 1. The Kier molecular flexibility index (Phi) is 8.64. The van der Waals surface area contributed by atoms with Crippen molar-refractivity contribution >= 4 is 44.6 Å². The summed E-state index contributed by atoms with van der Waals surface area (Å²) >= 11 is 0. The second kappa shape index (κ2) is 15.0. The van der Waals surface area contributed by atoms with E-state index in [1.165, 1.54) is 49.7 Å². The molecule has 10 aromatic carbocycles. The maximum Gasteiger partial charge on any atom is 0.260 e. The molecular formula is C61H40BNO2. The average molecular weight is 830 g/mol. The molecule has 3 aliphatic rings. The van der Waals surface area contributed by atoms with Crippen LogP contribution in [0.2, 0.25) is 0 Å². The molecule has 4 heteroatoms. The van der Waals surface area contributed by atoms with Gasteiger partial charge in [0.15, 0.2) is 0 Å². The summed E-state index contributed by atoms with van der Waals surface area (Å²) in [6, 6.07) is 74.2. The fraction of sp³-hybridized carbons (Fsp3) is 0.0656. The zero-order chi connectivity index (χ0) is 43.0. The van der Waals surface area contributed by atoms with Gasteiger partial charge in [-0.1, -0.05) is 158 Å². The van der Waals surface area contributed by atoms with Gasteiger partial charge in [-0.15, -0.1) is 0 Å². The van der Waals surface area contributed by atoms with E-state index in [-0.39, 0.29) is 6.71 Å². The van der Waals surface area contributed by atoms with Crippen LogP contribution in [0, 0.1) is 11.3 Å². The first kappa shape index (κ1) is 37.4. The first-order chi connectivity index (χ1) is 32.2. The smallest absolute Gasteiger partial charge is 0.260 e. The van der Waals surface area contributed by atoms with E-state index in [4.69, 9.17) is 9.47 Å². The molecule has 65 heavy (non-hydrogen) atoms. The van der Waals surface area contributed by atoms with Crippen LogP contribution in [0.25, 0.3) is 66.1 Å². The lowest BCUT2D eigenvalue weighted by molar-refractivity contribution is 0.464. The second-order valence-electron chi connectivity index (χ2n) is 17.7. The maximum absolute atomic E-state index is 10.6. The highest BCUT2D eigenvalue weighted by molar-refractivity contribution is 6.98. The monoisotopic (exact) mass is 829 g/mol. The van der Waals surface area contributed by atoms with Crippen LogP contribution in [0.15, 0.2) is 200 Å². The Hall–Kier alpha value is -8.13. The highest BCUT2D eigenvalue weighted by atomic mass is 16.5. The average Bonchev–Trinajstić information content (AvgIpc) is 3.52. The molecule has 1 aliphatic carbocycles. The van der Waals surface area contributed by atoms with Gasteiger partial charge in [0.2, 0.25) is 0 Å². The van der Waals surface area contributed by atoms with Crippen molar-refractivity contribution < 1.29 is 9.47 Å². The van der Waals surface area contributed by atoms with Crippen LogP contribution in [0.3, 0.4) is 0 Å². The van der Waals surface area contributed by atoms with E-state index in [1.807, 2.05) is 18.2 Å². The van der Waals surface area contributed by atoms with Gasteiger partial charge in [-0.25, -0.2) is 0 Å². The van der Waals surface area contributed by atoms with E-state index in [2.05, 4.69) is 188 Å². The molecule has 10 aromatic rings. The molecule has 0 fully saturated rings. The second-order valence-corrected chi connectivity index (χ2v) is 17.7. The molecule has 3 nitrogen and oxygen atoms in total. The first-order valence-electron chi connectivity index (χ1n) is 22.6. The van der Waals surface area contributed by atoms with E-state index in [0.717, 1.165) is 91.7 Å². The van der Waals surface area contributed by atoms with E-state index in [0.29, 0.717) is 11.5 Å². The summed E-state index contributed by atoms with van der Waals surface area (Å²) in [6.07, 6.45) is 3.06. The van der Waals surface area contributed by atoms with Crippen LogP contribution in [-0.4, -0.2) is 6.71 Å². The predicted octanol–water partition coefficient (Wildman–Crippen LogP) is 13.5. The number of rotatable bonds is 5. The van der Waals surface area contributed by atoms with Crippen molar-refractivity contribution in [1.82, 2.24) is 0 Å². The zero-order valence-corrected chi connectivity index (χ0v) is 35.6. The number of ether oxygens (including phenoxy) is 2. The third-order valence-electron chi connectivity index (χ3n) is 14.1. The van der Waals surface area contributed by atoms with Gasteiger partial charge in [0, 0.05) is 5.46 Å². The molecule has 1 atom stereocenters. The van der Waals surface area contributed by atoms with Crippen molar-refractivity contribution in [3.8, 4) is 73.6 Å². The van der Waals surface area contributed by atoms with Gasteiger partial charge in [0.1, 0.15) is 23.0 Å². The molecule has 0 N–H and O–H groups in total. The molecule has 304 valence electrons. The van der Waals surface area contributed by atoms with Crippen LogP contribution in [0.5, 0.6) is 23.0 Å². The summed E-state index contributed by atoms with van der Waals surface area (Å²) in [4.78, 5) is 0. The summed E-state index contributed by atoms with van der Waals surface area (Å²) in [5, 5.41) is 15.2. The number of nitriles is 1. The maximum atomic E-state index is 10.6. The molecule has 0 amide bonds. The number of fused-ring (bicyclic) bond motifs is 9. The van der Waals surface area contributed by atoms with Crippen LogP contribution >= 0.6 is 0 Å².